The molecule has 0 unspecified atom stereocenters. The molecule has 0 aliphatic heterocycles. The Kier molecular flexibility index (Phi) is 6.01. The van der Waals surface area contributed by atoms with E-state index in [1.54, 1.807) is 19.5 Å². The predicted octanol–water partition coefficient (Wildman–Crippen LogP) is 1.78. The second-order valence-electron chi connectivity index (χ2n) is 5.14. The Labute approximate surface area is 109 Å². The molecule has 0 aliphatic rings. The molecular weight excluding hydrogens is 230 g/mol. The van der Waals surface area contributed by atoms with E-state index >= 15 is 0 Å². The summed E-state index contributed by atoms with van der Waals surface area (Å²) in [4.78, 5) is 8.51. The van der Waals surface area contributed by atoms with Crippen LogP contribution in [0.15, 0.2) is 12.4 Å². The average Bonchev–Trinajstić information content (AvgIpc) is 2.33. The van der Waals surface area contributed by atoms with Gasteiger partial charge in [0.15, 0.2) is 0 Å². The second kappa shape index (κ2) is 7.28. The van der Waals surface area contributed by atoms with Gasteiger partial charge < -0.3 is 14.8 Å². The molecule has 1 N–H and O–H groups in total. The summed E-state index contributed by atoms with van der Waals surface area (Å²) in [6.45, 7) is 8.36. The van der Waals surface area contributed by atoms with Gasteiger partial charge in [-0.25, -0.2) is 4.98 Å². The van der Waals surface area contributed by atoms with Crippen molar-refractivity contribution < 1.29 is 9.47 Å². The molecule has 1 heterocycles. The molecule has 0 aromatic carbocycles. The quantitative estimate of drug-likeness (QED) is 0.751. The van der Waals surface area contributed by atoms with Gasteiger partial charge in [0.05, 0.1) is 24.7 Å². The molecule has 1 aromatic heterocycles. The summed E-state index contributed by atoms with van der Waals surface area (Å²) in [5.74, 6) is 0.561. The highest BCUT2D eigenvalue weighted by molar-refractivity contribution is 5.07. The standard InChI is InChI=1S/C13H23N3O2/c1-13(2,3)16-9-11-8-15-12(10-14-11)18-7-5-6-17-4/h8,10,16H,5-7,9H2,1-4H3. The molecule has 0 saturated heterocycles. The van der Waals surface area contributed by atoms with Crippen LogP contribution in [0.1, 0.15) is 32.9 Å². The number of ether oxygens (including phenoxy) is 2. The Balaban J connectivity index is 2.33. The lowest BCUT2D eigenvalue weighted by atomic mass is 10.1. The molecule has 0 bridgehead atoms. The Morgan fingerprint density at radius 1 is 1.17 bits per heavy atom. The molecule has 0 amide bonds. The number of nitrogens with zero attached hydrogens (tertiary/aromatic N) is 2. The second-order valence-corrected chi connectivity index (χ2v) is 5.14. The molecule has 1 aromatic rings. The lowest BCUT2D eigenvalue weighted by molar-refractivity contribution is 0.170. The summed E-state index contributed by atoms with van der Waals surface area (Å²) in [7, 11) is 1.68. The van der Waals surface area contributed by atoms with Gasteiger partial charge in [0.25, 0.3) is 0 Å². The van der Waals surface area contributed by atoms with E-state index in [4.69, 9.17) is 9.47 Å². The van der Waals surface area contributed by atoms with Crippen molar-refractivity contribution in [2.24, 2.45) is 0 Å². The first-order valence-corrected chi connectivity index (χ1v) is 6.19. The van der Waals surface area contributed by atoms with Crippen molar-refractivity contribution >= 4 is 0 Å². The molecule has 102 valence electrons. The molecule has 18 heavy (non-hydrogen) atoms. The van der Waals surface area contributed by atoms with Crippen molar-refractivity contribution in [2.45, 2.75) is 39.3 Å². The van der Waals surface area contributed by atoms with Gasteiger partial charge in [-0.1, -0.05) is 0 Å². The minimum absolute atomic E-state index is 0.0804. The normalized spacial score (nSPS) is 11.6. The van der Waals surface area contributed by atoms with Gasteiger partial charge in [0, 0.05) is 32.2 Å². The van der Waals surface area contributed by atoms with Crippen LogP contribution in [-0.4, -0.2) is 35.8 Å². The maximum atomic E-state index is 5.43. The van der Waals surface area contributed by atoms with Crippen molar-refractivity contribution in [1.82, 2.24) is 15.3 Å². The van der Waals surface area contributed by atoms with E-state index in [-0.39, 0.29) is 5.54 Å². The highest BCUT2D eigenvalue weighted by atomic mass is 16.5. The van der Waals surface area contributed by atoms with Crippen LogP contribution in [0.2, 0.25) is 0 Å². The van der Waals surface area contributed by atoms with E-state index in [0.717, 1.165) is 12.1 Å². The van der Waals surface area contributed by atoms with Gasteiger partial charge in [0.2, 0.25) is 5.88 Å². The summed E-state index contributed by atoms with van der Waals surface area (Å²) in [5, 5.41) is 3.36. The molecule has 0 radical (unpaired) electrons. The van der Waals surface area contributed by atoms with Crippen molar-refractivity contribution in [3.05, 3.63) is 18.1 Å². The smallest absolute Gasteiger partial charge is 0.232 e. The van der Waals surface area contributed by atoms with E-state index in [0.29, 0.717) is 25.6 Å². The molecule has 0 atom stereocenters. The zero-order valence-corrected chi connectivity index (χ0v) is 11.7. The Bertz CT molecular complexity index is 333. The third-order valence-corrected chi connectivity index (χ3v) is 2.22. The minimum Gasteiger partial charge on any atom is -0.476 e. The third kappa shape index (κ3) is 6.51. The fourth-order valence-corrected chi connectivity index (χ4v) is 1.24. The van der Waals surface area contributed by atoms with Crippen LogP contribution in [0.25, 0.3) is 0 Å². The average molecular weight is 253 g/mol. The molecular formula is C13H23N3O2. The highest BCUT2D eigenvalue weighted by Crippen LogP contribution is 2.06. The Morgan fingerprint density at radius 3 is 2.50 bits per heavy atom. The minimum atomic E-state index is 0.0804. The van der Waals surface area contributed by atoms with Gasteiger partial charge in [-0.2, -0.15) is 0 Å². The van der Waals surface area contributed by atoms with Crippen LogP contribution in [0.3, 0.4) is 0 Å². The zero-order chi connectivity index (χ0) is 13.4. The fraction of sp³-hybridized carbons (Fsp3) is 0.692. The number of aromatic nitrogens is 2. The summed E-state index contributed by atoms with van der Waals surface area (Å²) >= 11 is 0. The topological polar surface area (TPSA) is 56.3 Å². The lowest BCUT2D eigenvalue weighted by Gasteiger charge is -2.19. The number of rotatable bonds is 7. The van der Waals surface area contributed by atoms with E-state index in [2.05, 4.69) is 36.1 Å². The molecule has 1 rings (SSSR count). The highest BCUT2D eigenvalue weighted by Gasteiger charge is 2.09. The third-order valence-electron chi connectivity index (χ3n) is 2.22. The van der Waals surface area contributed by atoms with Crippen LogP contribution in [0.5, 0.6) is 5.88 Å². The number of hydrogen-bond donors (Lipinski definition) is 1. The largest absolute Gasteiger partial charge is 0.476 e. The van der Waals surface area contributed by atoms with E-state index in [9.17, 15) is 0 Å². The van der Waals surface area contributed by atoms with E-state index in [1.807, 2.05) is 0 Å². The summed E-state index contributed by atoms with van der Waals surface area (Å²) in [5.41, 5.74) is 0.992. The van der Waals surface area contributed by atoms with Gasteiger partial charge in [-0.15, -0.1) is 0 Å². The summed E-state index contributed by atoms with van der Waals surface area (Å²) in [6, 6.07) is 0. The number of hydrogen-bond acceptors (Lipinski definition) is 5. The van der Waals surface area contributed by atoms with Gasteiger partial charge in [0.1, 0.15) is 0 Å². The lowest BCUT2D eigenvalue weighted by Crippen LogP contribution is -2.35. The zero-order valence-electron chi connectivity index (χ0n) is 11.7. The van der Waals surface area contributed by atoms with Crippen molar-refractivity contribution in [2.75, 3.05) is 20.3 Å². The maximum Gasteiger partial charge on any atom is 0.232 e. The molecule has 0 aliphatic carbocycles. The van der Waals surface area contributed by atoms with Gasteiger partial charge >= 0.3 is 0 Å². The first-order chi connectivity index (χ1) is 8.51. The first-order valence-electron chi connectivity index (χ1n) is 6.19. The maximum absolute atomic E-state index is 5.43. The van der Waals surface area contributed by atoms with Gasteiger partial charge in [-0.05, 0) is 20.8 Å². The SMILES string of the molecule is COCCCOc1cnc(CNC(C)(C)C)cn1. The molecule has 5 nitrogen and oxygen atoms in total. The van der Waals surface area contributed by atoms with E-state index in [1.165, 1.54) is 0 Å². The van der Waals surface area contributed by atoms with E-state index < -0.39 is 0 Å². The predicted molar refractivity (Wildman–Crippen MR) is 70.6 cm³/mol. The fourth-order valence-electron chi connectivity index (χ4n) is 1.24. The Morgan fingerprint density at radius 2 is 1.94 bits per heavy atom. The van der Waals surface area contributed by atoms with Crippen LogP contribution < -0.4 is 10.1 Å². The summed E-state index contributed by atoms with van der Waals surface area (Å²) in [6.07, 6.45) is 4.25. The molecule has 0 spiro atoms. The van der Waals surface area contributed by atoms with Crippen LogP contribution >= 0.6 is 0 Å². The van der Waals surface area contributed by atoms with Gasteiger partial charge in [-0.3, -0.25) is 4.98 Å². The van der Waals surface area contributed by atoms with Crippen molar-refractivity contribution in [3.8, 4) is 5.88 Å². The first kappa shape index (κ1) is 14.9. The van der Waals surface area contributed by atoms with Crippen LogP contribution in [-0.2, 0) is 11.3 Å². The molecule has 0 fully saturated rings. The molecule has 5 heteroatoms. The number of methoxy groups -OCH3 is 1. The number of nitrogens with one attached hydrogen (secondary N) is 1. The monoisotopic (exact) mass is 253 g/mol. The van der Waals surface area contributed by atoms with Crippen molar-refractivity contribution in [1.29, 1.82) is 0 Å². The van der Waals surface area contributed by atoms with Crippen LogP contribution in [0, 0.1) is 0 Å². The summed E-state index contributed by atoms with van der Waals surface area (Å²) < 4.78 is 10.4. The molecule has 0 saturated carbocycles. The van der Waals surface area contributed by atoms with Crippen molar-refractivity contribution in [3.63, 3.8) is 0 Å². The van der Waals surface area contributed by atoms with Crippen LogP contribution in [0.4, 0.5) is 0 Å². The Hall–Kier alpha value is -1.20.